The quantitative estimate of drug-likeness (QED) is 0.588. The van der Waals surface area contributed by atoms with E-state index < -0.39 is 11.6 Å². The Morgan fingerprint density at radius 2 is 1.48 bits per heavy atom. The van der Waals surface area contributed by atoms with Crippen LogP contribution in [0.1, 0.15) is 18.1 Å². The smallest absolute Gasteiger partial charge is 0.358 e. The fourth-order valence-electron chi connectivity index (χ4n) is 2.51. The third-order valence-corrected chi connectivity index (χ3v) is 3.29. The fraction of sp³-hybridized carbons (Fsp3) is 0.111. The predicted octanol–water partition coefficient (Wildman–Crippen LogP) is 5.49. The van der Waals surface area contributed by atoms with Gasteiger partial charge in [-0.25, -0.2) is 8.78 Å². The van der Waals surface area contributed by atoms with E-state index in [1.165, 1.54) is 23.8 Å². The molecule has 1 aliphatic carbocycles. The summed E-state index contributed by atoms with van der Waals surface area (Å²) in [6.45, 7) is 2.03. The number of hydrogen-bond donors (Lipinski definition) is 0. The SMILES string of the molecule is CC1=Cc2c(cccc2-c2c(F)cccc2F)C1.[CH3-].[CH3-].[Zr+2]. The van der Waals surface area contributed by atoms with Crippen LogP contribution in [0.2, 0.25) is 0 Å². The van der Waals surface area contributed by atoms with Gasteiger partial charge in [0, 0.05) is 0 Å². The minimum atomic E-state index is -0.513. The second-order valence-electron chi connectivity index (χ2n) is 4.64. The Morgan fingerprint density at radius 3 is 2.10 bits per heavy atom. The van der Waals surface area contributed by atoms with E-state index in [1.54, 1.807) is 6.07 Å². The molecule has 2 aromatic rings. The molecule has 0 spiro atoms. The number of rotatable bonds is 1. The molecule has 0 aliphatic heterocycles. The summed E-state index contributed by atoms with van der Waals surface area (Å²) in [5.41, 5.74) is 4.00. The molecule has 0 aromatic heterocycles. The van der Waals surface area contributed by atoms with Gasteiger partial charge in [-0.15, -0.1) is 0 Å². The van der Waals surface area contributed by atoms with Crippen molar-refractivity contribution >= 4 is 6.08 Å². The first kappa shape index (κ1) is 19.9. The average molecular weight is 364 g/mol. The molecule has 0 saturated carbocycles. The van der Waals surface area contributed by atoms with Crippen LogP contribution < -0.4 is 0 Å². The van der Waals surface area contributed by atoms with E-state index in [0.717, 1.165) is 17.5 Å². The van der Waals surface area contributed by atoms with E-state index in [-0.39, 0.29) is 46.6 Å². The van der Waals surface area contributed by atoms with Crippen molar-refractivity contribution in [2.75, 3.05) is 0 Å². The molecule has 108 valence electrons. The Hall–Kier alpha value is -1.08. The molecule has 2 aromatic carbocycles. The number of hydrogen-bond acceptors (Lipinski definition) is 0. The number of halogens is 2. The molecule has 0 bridgehead atoms. The van der Waals surface area contributed by atoms with Crippen LogP contribution in [0.5, 0.6) is 0 Å². The van der Waals surface area contributed by atoms with E-state index in [1.807, 2.05) is 25.1 Å². The Kier molecular flexibility index (Phi) is 7.40. The molecule has 0 amide bonds. The minimum absolute atomic E-state index is 0. The van der Waals surface area contributed by atoms with Gasteiger partial charge < -0.3 is 14.9 Å². The van der Waals surface area contributed by atoms with Gasteiger partial charge in [-0.1, -0.05) is 35.9 Å². The van der Waals surface area contributed by atoms with Gasteiger partial charge in [0.1, 0.15) is 11.6 Å². The van der Waals surface area contributed by atoms with Crippen LogP contribution in [0, 0.1) is 26.5 Å². The first-order valence-electron chi connectivity index (χ1n) is 5.90. The van der Waals surface area contributed by atoms with Crippen molar-refractivity contribution in [3.63, 3.8) is 0 Å². The maximum absolute atomic E-state index is 13.8. The number of benzene rings is 2. The van der Waals surface area contributed by atoms with Gasteiger partial charge in [0.25, 0.3) is 0 Å². The summed E-state index contributed by atoms with van der Waals surface area (Å²) in [6.07, 6.45) is 2.87. The monoisotopic (exact) mass is 362 g/mol. The Labute approximate surface area is 145 Å². The Morgan fingerprint density at radius 1 is 0.905 bits per heavy atom. The maximum Gasteiger partial charge on any atom is 2.00 e. The number of fused-ring (bicyclic) bond motifs is 1. The first-order chi connectivity index (χ1) is 8.66. The molecule has 0 atom stereocenters. The molecule has 3 heteroatoms. The maximum atomic E-state index is 13.8. The summed E-state index contributed by atoms with van der Waals surface area (Å²) in [7, 11) is 0. The Bertz CT molecular complexity index is 640. The molecule has 0 unspecified atom stereocenters. The van der Waals surface area contributed by atoms with Crippen LogP contribution >= 0.6 is 0 Å². The van der Waals surface area contributed by atoms with E-state index in [0.29, 0.717) is 5.56 Å². The fourth-order valence-corrected chi connectivity index (χ4v) is 2.51. The second-order valence-corrected chi connectivity index (χ2v) is 4.64. The molecule has 0 radical (unpaired) electrons. The molecule has 0 N–H and O–H groups in total. The number of allylic oxidation sites excluding steroid dienone is 1. The van der Waals surface area contributed by atoms with E-state index >= 15 is 0 Å². The third kappa shape index (κ3) is 3.58. The zero-order chi connectivity index (χ0) is 12.7. The summed E-state index contributed by atoms with van der Waals surface area (Å²) in [4.78, 5) is 0. The summed E-state index contributed by atoms with van der Waals surface area (Å²) >= 11 is 0. The van der Waals surface area contributed by atoms with Crippen LogP contribution in [0.15, 0.2) is 42.0 Å². The van der Waals surface area contributed by atoms with Crippen molar-refractivity contribution in [2.24, 2.45) is 0 Å². The van der Waals surface area contributed by atoms with Gasteiger partial charge in [-0.3, -0.25) is 0 Å². The van der Waals surface area contributed by atoms with Gasteiger partial charge in [0.2, 0.25) is 0 Å². The van der Waals surface area contributed by atoms with Crippen molar-refractivity contribution in [1.29, 1.82) is 0 Å². The molecule has 1 aliphatic rings. The van der Waals surface area contributed by atoms with E-state index in [9.17, 15) is 8.78 Å². The van der Waals surface area contributed by atoms with Crippen LogP contribution in [0.3, 0.4) is 0 Å². The average Bonchev–Trinajstić information content (AvgIpc) is 2.70. The van der Waals surface area contributed by atoms with E-state index in [2.05, 4.69) is 0 Å². The van der Waals surface area contributed by atoms with Gasteiger partial charge in [0.05, 0.1) is 5.56 Å². The van der Waals surface area contributed by atoms with Crippen molar-refractivity contribution in [2.45, 2.75) is 13.3 Å². The molecular weight excluding hydrogens is 345 g/mol. The topological polar surface area (TPSA) is 0 Å². The van der Waals surface area contributed by atoms with Gasteiger partial charge in [-0.2, -0.15) is 0 Å². The zero-order valence-corrected chi connectivity index (χ0v) is 15.0. The summed E-state index contributed by atoms with van der Waals surface area (Å²) < 4.78 is 27.7. The van der Waals surface area contributed by atoms with Crippen molar-refractivity contribution in [3.8, 4) is 11.1 Å². The van der Waals surface area contributed by atoms with Crippen molar-refractivity contribution in [3.05, 3.63) is 79.6 Å². The van der Waals surface area contributed by atoms with Gasteiger partial charge in [-0.05, 0) is 42.2 Å². The molecule has 0 saturated heterocycles. The van der Waals surface area contributed by atoms with Gasteiger partial charge >= 0.3 is 26.2 Å². The van der Waals surface area contributed by atoms with Crippen LogP contribution in [-0.2, 0) is 32.6 Å². The first-order valence-corrected chi connectivity index (χ1v) is 5.90. The largest absolute Gasteiger partial charge is 2.00 e. The Balaban J connectivity index is 0.00000133. The zero-order valence-electron chi connectivity index (χ0n) is 12.5. The van der Waals surface area contributed by atoms with Crippen LogP contribution in [0.25, 0.3) is 17.2 Å². The summed E-state index contributed by atoms with van der Waals surface area (Å²) in [5, 5.41) is 0. The third-order valence-electron chi connectivity index (χ3n) is 3.29. The summed E-state index contributed by atoms with van der Waals surface area (Å²) in [5.74, 6) is -1.03. The van der Waals surface area contributed by atoms with E-state index in [4.69, 9.17) is 0 Å². The van der Waals surface area contributed by atoms with Crippen LogP contribution in [-0.4, -0.2) is 0 Å². The second kappa shape index (κ2) is 7.80. The minimum Gasteiger partial charge on any atom is -0.358 e. The van der Waals surface area contributed by atoms with Crippen molar-refractivity contribution in [1.82, 2.24) is 0 Å². The standard InChI is InChI=1S/C16H12F2.2CH3.Zr/c1-10-8-11-4-2-5-12(13(11)9-10)16-14(17)6-3-7-15(16)18;;;/h2-7,9H,8H2,1H3;2*1H3;/q;2*-1;+2. The molecule has 0 fully saturated rings. The molecular formula is C18H18F2Zr. The molecule has 0 nitrogen and oxygen atoms in total. The molecule has 3 rings (SSSR count). The normalized spacial score (nSPS) is 11.5. The van der Waals surface area contributed by atoms with Crippen molar-refractivity contribution < 1.29 is 35.0 Å². The summed E-state index contributed by atoms with van der Waals surface area (Å²) in [6, 6.07) is 9.61. The predicted molar refractivity (Wildman–Crippen MR) is 82.0 cm³/mol. The molecule has 21 heavy (non-hydrogen) atoms. The van der Waals surface area contributed by atoms with Crippen LogP contribution in [0.4, 0.5) is 8.78 Å². The van der Waals surface area contributed by atoms with Gasteiger partial charge in [0.15, 0.2) is 0 Å². The molecule has 0 heterocycles.